The van der Waals surface area contributed by atoms with E-state index in [4.69, 9.17) is 0 Å². The smallest absolute Gasteiger partial charge is 0.225 e. The molecule has 3 unspecified atom stereocenters. The fraction of sp³-hybridized carbons (Fsp3) is 0.632. The summed E-state index contributed by atoms with van der Waals surface area (Å²) in [5, 5.41) is 16.1. The van der Waals surface area contributed by atoms with Gasteiger partial charge in [0.05, 0.1) is 6.10 Å². The van der Waals surface area contributed by atoms with Crippen molar-refractivity contribution in [2.45, 2.75) is 65.0 Å². The average Bonchev–Trinajstić information content (AvgIpc) is 2.48. The van der Waals surface area contributed by atoms with Gasteiger partial charge in [-0.05, 0) is 64.1 Å². The molecule has 3 atom stereocenters. The Morgan fingerprint density at radius 2 is 2.13 bits per heavy atom. The van der Waals surface area contributed by atoms with Crippen LogP contribution in [0.25, 0.3) is 0 Å². The van der Waals surface area contributed by atoms with Crippen molar-refractivity contribution in [1.29, 1.82) is 0 Å². The van der Waals surface area contributed by atoms with E-state index >= 15 is 0 Å². The highest BCUT2D eigenvalue weighted by molar-refractivity contribution is 5.91. The predicted octanol–water partition coefficient (Wildman–Crippen LogP) is 3.16. The number of hydrogen-bond acceptors (Lipinski definition) is 3. The molecule has 1 aliphatic rings. The number of amides is 1. The third-order valence-electron chi connectivity index (χ3n) is 4.66. The van der Waals surface area contributed by atoms with Gasteiger partial charge in [0.15, 0.2) is 0 Å². The van der Waals surface area contributed by atoms with Crippen LogP contribution in [0.15, 0.2) is 18.2 Å². The molecule has 3 N–H and O–H groups in total. The number of benzene rings is 1. The van der Waals surface area contributed by atoms with Gasteiger partial charge in [-0.2, -0.15) is 0 Å². The van der Waals surface area contributed by atoms with Gasteiger partial charge in [-0.15, -0.1) is 0 Å². The summed E-state index contributed by atoms with van der Waals surface area (Å²) in [4.78, 5) is 12.2. The van der Waals surface area contributed by atoms with Gasteiger partial charge in [0, 0.05) is 18.2 Å². The lowest BCUT2D eigenvalue weighted by atomic mass is 9.87. The fourth-order valence-corrected chi connectivity index (χ4v) is 3.32. The van der Waals surface area contributed by atoms with Crippen molar-refractivity contribution in [2.24, 2.45) is 5.92 Å². The van der Waals surface area contributed by atoms with Gasteiger partial charge in [-0.3, -0.25) is 4.79 Å². The number of carbonyl (C=O) groups is 1. The van der Waals surface area contributed by atoms with E-state index < -0.39 is 0 Å². The van der Waals surface area contributed by atoms with E-state index in [0.29, 0.717) is 12.3 Å². The SMILES string of the molecule is Cc1ccc(NC(=O)CC(C)NCC2CCCC(O)C2)c(C)c1. The Morgan fingerprint density at radius 1 is 1.35 bits per heavy atom. The van der Waals surface area contributed by atoms with E-state index in [1.54, 1.807) is 0 Å². The Balaban J connectivity index is 1.73. The van der Waals surface area contributed by atoms with Gasteiger partial charge in [-0.25, -0.2) is 0 Å². The van der Waals surface area contributed by atoms with Crippen LogP contribution in [-0.4, -0.2) is 29.7 Å². The molecule has 4 heteroatoms. The van der Waals surface area contributed by atoms with Crippen LogP contribution in [0.5, 0.6) is 0 Å². The molecule has 1 fully saturated rings. The molecule has 1 aliphatic carbocycles. The molecule has 0 heterocycles. The van der Waals surface area contributed by atoms with Crippen molar-refractivity contribution in [3.8, 4) is 0 Å². The van der Waals surface area contributed by atoms with Crippen molar-refractivity contribution in [1.82, 2.24) is 5.32 Å². The number of anilines is 1. The quantitative estimate of drug-likeness (QED) is 0.755. The van der Waals surface area contributed by atoms with Crippen molar-refractivity contribution in [2.75, 3.05) is 11.9 Å². The molecule has 1 aromatic rings. The number of aliphatic hydroxyl groups excluding tert-OH is 1. The Labute approximate surface area is 139 Å². The molecule has 23 heavy (non-hydrogen) atoms. The summed E-state index contributed by atoms with van der Waals surface area (Å²) in [6.07, 6.45) is 4.42. The third-order valence-corrected chi connectivity index (χ3v) is 4.66. The van der Waals surface area contributed by atoms with Crippen molar-refractivity contribution < 1.29 is 9.90 Å². The fourth-order valence-electron chi connectivity index (χ4n) is 3.32. The van der Waals surface area contributed by atoms with Crippen LogP contribution in [0.3, 0.4) is 0 Å². The first-order chi connectivity index (χ1) is 10.9. The summed E-state index contributed by atoms with van der Waals surface area (Å²) in [5.74, 6) is 0.573. The number of nitrogens with one attached hydrogen (secondary N) is 2. The Hall–Kier alpha value is -1.39. The van der Waals surface area contributed by atoms with E-state index in [9.17, 15) is 9.90 Å². The molecule has 0 bridgehead atoms. The van der Waals surface area contributed by atoms with Gasteiger partial charge in [0.1, 0.15) is 0 Å². The van der Waals surface area contributed by atoms with E-state index in [0.717, 1.165) is 37.1 Å². The minimum atomic E-state index is -0.140. The van der Waals surface area contributed by atoms with Gasteiger partial charge < -0.3 is 15.7 Å². The predicted molar refractivity (Wildman–Crippen MR) is 94.6 cm³/mol. The third kappa shape index (κ3) is 5.96. The maximum Gasteiger partial charge on any atom is 0.225 e. The van der Waals surface area contributed by atoms with Crippen molar-refractivity contribution >= 4 is 11.6 Å². The van der Waals surface area contributed by atoms with E-state index in [-0.39, 0.29) is 18.1 Å². The second kappa shape index (κ2) is 8.46. The largest absolute Gasteiger partial charge is 0.393 e. The summed E-state index contributed by atoms with van der Waals surface area (Å²) in [6.45, 7) is 6.99. The number of aryl methyl sites for hydroxylation is 2. The zero-order valence-corrected chi connectivity index (χ0v) is 14.6. The van der Waals surface area contributed by atoms with Gasteiger partial charge in [0.25, 0.3) is 0 Å². The standard InChI is InChI=1S/C19H30N2O2/c1-13-7-8-18(14(2)9-13)21-19(23)10-15(3)20-12-16-5-4-6-17(22)11-16/h7-9,15-17,20,22H,4-6,10-12H2,1-3H3,(H,21,23). The second-order valence-corrected chi connectivity index (χ2v) is 7.07. The maximum absolute atomic E-state index is 12.2. The number of hydrogen-bond donors (Lipinski definition) is 3. The first-order valence-corrected chi connectivity index (χ1v) is 8.72. The first kappa shape index (κ1) is 18.0. The maximum atomic E-state index is 12.2. The first-order valence-electron chi connectivity index (χ1n) is 8.72. The lowest BCUT2D eigenvalue weighted by molar-refractivity contribution is -0.116. The zero-order valence-electron chi connectivity index (χ0n) is 14.6. The lowest BCUT2D eigenvalue weighted by Crippen LogP contribution is -2.36. The van der Waals surface area contributed by atoms with Crippen LogP contribution in [0.2, 0.25) is 0 Å². The number of rotatable bonds is 6. The van der Waals surface area contributed by atoms with Crippen LogP contribution in [0.1, 0.15) is 50.2 Å². The van der Waals surface area contributed by atoms with Crippen molar-refractivity contribution in [3.05, 3.63) is 29.3 Å². The topological polar surface area (TPSA) is 61.4 Å². The molecular weight excluding hydrogens is 288 g/mol. The van der Waals surface area contributed by atoms with Crippen LogP contribution >= 0.6 is 0 Å². The average molecular weight is 318 g/mol. The molecule has 0 aromatic heterocycles. The highest BCUT2D eigenvalue weighted by atomic mass is 16.3. The molecule has 0 radical (unpaired) electrons. The summed E-state index contributed by atoms with van der Waals surface area (Å²) < 4.78 is 0. The van der Waals surface area contributed by atoms with E-state index in [1.165, 1.54) is 12.0 Å². The molecule has 0 aliphatic heterocycles. The second-order valence-electron chi connectivity index (χ2n) is 7.07. The summed E-state index contributed by atoms with van der Waals surface area (Å²) >= 11 is 0. The number of aliphatic hydroxyl groups is 1. The molecule has 1 aromatic carbocycles. The van der Waals surface area contributed by atoms with Gasteiger partial charge >= 0.3 is 0 Å². The Kier molecular flexibility index (Phi) is 6.60. The Morgan fingerprint density at radius 3 is 2.83 bits per heavy atom. The molecule has 1 amide bonds. The van der Waals surface area contributed by atoms with Crippen LogP contribution < -0.4 is 10.6 Å². The summed E-state index contributed by atoms with van der Waals surface area (Å²) in [5.41, 5.74) is 3.18. The minimum absolute atomic E-state index is 0.0423. The lowest BCUT2D eigenvalue weighted by Gasteiger charge is -2.27. The van der Waals surface area contributed by atoms with Gasteiger partial charge in [0.2, 0.25) is 5.91 Å². The number of carbonyl (C=O) groups excluding carboxylic acids is 1. The molecule has 0 spiro atoms. The highest BCUT2D eigenvalue weighted by Gasteiger charge is 2.20. The summed E-state index contributed by atoms with van der Waals surface area (Å²) in [7, 11) is 0. The summed E-state index contributed by atoms with van der Waals surface area (Å²) in [6, 6.07) is 6.19. The van der Waals surface area contributed by atoms with Crippen LogP contribution in [-0.2, 0) is 4.79 Å². The van der Waals surface area contributed by atoms with Crippen LogP contribution in [0.4, 0.5) is 5.69 Å². The highest BCUT2D eigenvalue weighted by Crippen LogP contribution is 2.23. The van der Waals surface area contributed by atoms with E-state index in [2.05, 4.69) is 16.7 Å². The molecule has 2 rings (SSSR count). The normalized spacial score (nSPS) is 22.6. The van der Waals surface area contributed by atoms with E-state index in [1.807, 2.05) is 32.9 Å². The van der Waals surface area contributed by atoms with Gasteiger partial charge in [-0.1, -0.05) is 24.1 Å². The molecule has 0 saturated heterocycles. The molecule has 128 valence electrons. The minimum Gasteiger partial charge on any atom is -0.393 e. The van der Waals surface area contributed by atoms with Crippen LogP contribution in [0, 0.1) is 19.8 Å². The molecule has 1 saturated carbocycles. The molecule has 4 nitrogen and oxygen atoms in total. The monoisotopic (exact) mass is 318 g/mol. The zero-order chi connectivity index (χ0) is 16.8. The molecular formula is C19H30N2O2. The Bertz CT molecular complexity index is 530. The van der Waals surface area contributed by atoms with Crippen molar-refractivity contribution in [3.63, 3.8) is 0 Å².